The second-order valence-corrected chi connectivity index (χ2v) is 6.64. The molecule has 0 unspecified atom stereocenters. The van der Waals surface area contributed by atoms with Gasteiger partial charge in [0.2, 0.25) is 0 Å². The topological polar surface area (TPSA) is 12.0 Å². The third kappa shape index (κ3) is 5.36. The maximum absolute atomic E-state index is 3.52. The minimum Gasteiger partial charge on any atom is -0.384 e. The highest BCUT2D eigenvalue weighted by Crippen LogP contribution is 2.20. The summed E-state index contributed by atoms with van der Waals surface area (Å²) in [6, 6.07) is 19.0. The van der Waals surface area contributed by atoms with Crippen LogP contribution in [0.4, 0.5) is 5.69 Å². The Balaban J connectivity index is 1.96. The maximum atomic E-state index is 3.52. The van der Waals surface area contributed by atoms with Crippen LogP contribution < -0.4 is 5.32 Å². The van der Waals surface area contributed by atoms with Crippen LogP contribution >= 0.6 is 22.6 Å². The summed E-state index contributed by atoms with van der Waals surface area (Å²) in [6.07, 6.45) is 2.13. The van der Waals surface area contributed by atoms with Crippen LogP contribution in [0.5, 0.6) is 0 Å². The van der Waals surface area contributed by atoms with Crippen molar-refractivity contribution in [3.05, 3.63) is 75.0 Å². The minimum atomic E-state index is 0.973. The third-order valence-electron chi connectivity index (χ3n) is 3.32. The van der Waals surface area contributed by atoms with E-state index in [4.69, 9.17) is 0 Å². The summed E-state index contributed by atoms with van der Waals surface area (Å²) in [6.45, 7) is 5.18. The number of halogens is 1. The van der Waals surface area contributed by atoms with E-state index in [1.54, 1.807) is 0 Å². The van der Waals surface area contributed by atoms with Gasteiger partial charge in [-0.1, -0.05) is 42.5 Å². The number of nitrogens with one attached hydrogen (secondary N) is 1. The number of allylic oxidation sites excluding steroid dienone is 1. The van der Waals surface area contributed by atoms with Crippen molar-refractivity contribution in [3.8, 4) is 0 Å². The van der Waals surface area contributed by atoms with Crippen molar-refractivity contribution >= 4 is 33.9 Å². The van der Waals surface area contributed by atoms with Gasteiger partial charge in [-0.3, -0.25) is 0 Å². The van der Waals surface area contributed by atoms with Gasteiger partial charge in [0.05, 0.1) is 0 Å². The van der Waals surface area contributed by atoms with Gasteiger partial charge in [-0.2, -0.15) is 0 Å². The van der Waals surface area contributed by atoms with Gasteiger partial charge in [0.15, 0.2) is 0 Å². The number of rotatable bonds is 6. The van der Waals surface area contributed by atoms with Gasteiger partial charge in [0.25, 0.3) is 0 Å². The fraction of sp³-hybridized carbons (Fsp3) is 0.250. The van der Waals surface area contributed by atoms with Crippen LogP contribution in [0.25, 0.3) is 5.57 Å². The Morgan fingerprint density at radius 3 is 2.36 bits per heavy atom. The molecule has 2 rings (SSSR count). The van der Waals surface area contributed by atoms with Crippen molar-refractivity contribution in [1.82, 2.24) is 0 Å². The van der Waals surface area contributed by atoms with E-state index in [9.17, 15) is 0 Å². The van der Waals surface area contributed by atoms with Gasteiger partial charge in [-0.25, -0.2) is 0 Å². The predicted molar refractivity (Wildman–Crippen MR) is 105 cm³/mol. The zero-order chi connectivity index (χ0) is 15.8. The molecule has 0 heterocycles. The molecule has 1 nitrogen and oxygen atoms in total. The lowest BCUT2D eigenvalue weighted by Gasteiger charge is -2.09. The molecule has 0 saturated heterocycles. The first-order valence-corrected chi connectivity index (χ1v) is 8.71. The molecular formula is C20H22IN. The highest BCUT2D eigenvalue weighted by molar-refractivity contribution is 14.1. The van der Waals surface area contributed by atoms with Gasteiger partial charge in [-0.15, -0.1) is 5.73 Å². The Morgan fingerprint density at radius 2 is 1.68 bits per heavy atom. The van der Waals surface area contributed by atoms with E-state index in [0.717, 1.165) is 19.4 Å². The van der Waals surface area contributed by atoms with Gasteiger partial charge < -0.3 is 5.32 Å². The molecule has 0 spiro atoms. The Kier molecular flexibility index (Phi) is 6.75. The molecule has 0 saturated carbocycles. The van der Waals surface area contributed by atoms with Crippen LogP contribution in [0, 0.1) is 3.57 Å². The summed E-state index contributed by atoms with van der Waals surface area (Å²) >= 11 is 2.37. The highest BCUT2D eigenvalue weighted by atomic mass is 127. The van der Waals surface area contributed by atoms with E-state index < -0.39 is 0 Å². The first kappa shape index (κ1) is 16.9. The van der Waals surface area contributed by atoms with E-state index in [0.29, 0.717) is 0 Å². The summed E-state index contributed by atoms with van der Waals surface area (Å²) in [4.78, 5) is 0. The van der Waals surface area contributed by atoms with Crippen LogP contribution in [0.1, 0.15) is 32.3 Å². The molecule has 0 aromatic heterocycles. The van der Waals surface area contributed by atoms with E-state index in [2.05, 4.69) is 102 Å². The Morgan fingerprint density at radius 1 is 1.00 bits per heavy atom. The second kappa shape index (κ2) is 8.82. The molecule has 0 aliphatic rings. The predicted octanol–water partition coefficient (Wildman–Crippen LogP) is 6.13. The molecule has 0 fully saturated rings. The first-order valence-electron chi connectivity index (χ1n) is 7.63. The molecule has 2 aromatic rings. The Bertz CT molecular complexity index is 663. The molecule has 0 aliphatic heterocycles. The van der Waals surface area contributed by atoms with Crippen LogP contribution in [0.3, 0.4) is 0 Å². The molecule has 114 valence electrons. The zero-order valence-corrected chi connectivity index (χ0v) is 15.4. The van der Waals surface area contributed by atoms with Crippen molar-refractivity contribution in [2.45, 2.75) is 26.7 Å². The fourth-order valence-corrected chi connectivity index (χ4v) is 2.89. The number of hydrogen-bond acceptors (Lipinski definition) is 1. The highest BCUT2D eigenvalue weighted by Gasteiger charge is 2.02. The summed E-state index contributed by atoms with van der Waals surface area (Å²) in [5.41, 5.74) is 8.53. The molecule has 2 aromatic carbocycles. The molecule has 22 heavy (non-hydrogen) atoms. The molecule has 1 N–H and O–H groups in total. The quantitative estimate of drug-likeness (QED) is 0.348. The summed E-state index contributed by atoms with van der Waals surface area (Å²) < 4.78 is 1.27. The number of benzene rings is 2. The lowest BCUT2D eigenvalue weighted by Crippen LogP contribution is -2.03. The molecule has 2 heteroatoms. The molecule has 0 atom stereocenters. The number of anilines is 1. The van der Waals surface area contributed by atoms with Crippen molar-refractivity contribution in [2.24, 2.45) is 0 Å². The maximum Gasteiger partial charge on any atom is 0.0475 e. The lowest BCUT2D eigenvalue weighted by atomic mass is 10.0. The zero-order valence-electron chi connectivity index (χ0n) is 13.2. The lowest BCUT2D eigenvalue weighted by molar-refractivity contribution is 0.900. The van der Waals surface area contributed by atoms with E-state index >= 15 is 0 Å². The normalized spacial score (nSPS) is 9.95. The third-order valence-corrected chi connectivity index (χ3v) is 4.26. The van der Waals surface area contributed by atoms with Crippen molar-refractivity contribution in [3.63, 3.8) is 0 Å². The second-order valence-electron chi connectivity index (χ2n) is 5.48. The summed E-state index contributed by atoms with van der Waals surface area (Å²) in [5.74, 6) is 0. The van der Waals surface area contributed by atoms with E-state index in [-0.39, 0.29) is 0 Å². The first-order chi connectivity index (χ1) is 10.7. The number of para-hydroxylation sites is 1. The van der Waals surface area contributed by atoms with Crippen molar-refractivity contribution in [2.75, 3.05) is 11.9 Å². The van der Waals surface area contributed by atoms with Gasteiger partial charge in [0.1, 0.15) is 0 Å². The van der Waals surface area contributed by atoms with Crippen LogP contribution in [-0.4, -0.2) is 6.54 Å². The van der Waals surface area contributed by atoms with Gasteiger partial charge in [-0.05, 0) is 72.5 Å². The van der Waals surface area contributed by atoms with Gasteiger partial charge in [0, 0.05) is 21.4 Å². The van der Waals surface area contributed by atoms with Crippen LogP contribution in [-0.2, 0) is 0 Å². The van der Waals surface area contributed by atoms with Gasteiger partial charge >= 0.3 is 0 Å². The Hall–Kier alpha value is -1.51. The summed E-state index contributed by atoms with van der Waals surface area (Å²) in [5, 5.41) is 3.52. The van der Waals surface area contributed by atoms with Crippen molar-refractivity contribution < 1.29 is 0 Å². The standard InChI is InChI=1S/C20H22IN/c1-16(2)15-18(17-9-4-3-5-10-17)11-8-14-22-20-13-7-6-12-19(20)21/h3-7,9-10,12-13,22H,8,11,14H2,1-2H3. The fourth-order valence-electron chi connectivity index (χ4n) is 2.31. The van der Waals surface area contributed by atoms with Crippen molar-refractivity contribution in [1.29, 1.82) is 0 Å². The average molecular weight is 403 g/mol. The Labute approximate surface area is 147 Å². The van der Waals surface area contributed by atoms with E-state index in [1.807, 2.05) is 0 Å². The minimum absolute atomic E-state index is 0.973. The average Bonchev–Trinajstić information content (AvgIpc) is 2.52. The molecular weight excluding hydrogens is 381 g/mol. The molecule has 0 radical (unpaired) electrons. The van der Waals surface area contributed by atoms with Crippen LogP contribution in [0.2, 0.25) is 0 Å². The smallest absolute Gasteiger partial charge is 0.0475 e. The largest absolute Gasteiger partial charge is 0.384 e. The SMILES string of the molecule is CC(C)=C=C(CCCNc1ccccc1I)c1ccccc1. The molecule has 0 amide bonds. The van der Waals surface area contributed by atoms with E-state index in [1.165, 1.54) is 26.0 Å². The van der Waals surface area contributed by atoms with Crippen LogP contribution in [0.15, 0.2) is 65.9 Å². The summed E-state index contributed by atoms with van der Waals surface area (Å²) in [7, 11) is 0. The monoisotopic (exact) mass is 403 g/mol. The number of hydrogen-bond donors (Lipinski definition) is 1. The molecule has 0 bridgehead atoms. The molecule has 0 aliphatic carbocycles.